The molecule has 0 bridgehead atoms. The van der Waals surface area contributed by atoms with Crippen molar-refractivity contribution >= 4 is 5.91 Å². The summed E-state index contributed by atoms with van der Waals surface area (Å²) in [5, 5.41) is 3.07. The van der Waals surface area contributed by atoms with Crippen LogP contribution in [0, 0.1) is 5.92 Å². The van der Waals surface area contributed by atoms with Gasteiger partial charge in [0.05, 0.1) is 6.04 Å². The molecule has 1 aliphatic carbocycles. The average molecular weight is 274 g/mol. The molecule has 20 heavy (non-hydrogen) atoms. The summed E-state index contributed by atoms with van der Waals surface area (Å²) in [6, 6.07) is 3.97. The maximum absolute atomic E-state index is 11.9. The lowest BCUT2D eigenvalue weighted by molar-refractivity contribution is -0.121. The summed E-state index contributed by atoms with van der Waals surface area (Å²) in [5.74, 6) is 1.04. The van der Waals surface area contributed by atoms with Gasteiger partial charge in [-0.2, -0.15) is 0 Å². The zero-order valence-corrected chi connectivity index (χ0v) is 12.5. The highest BCUT2D eigenvalue weighted by atomic mass is 16.1. The molecule has 1 unspecified atom stereocenters. The second-order valence-corrected chi connectivity index (χ2v) is 5.97. The minimum Gasteiger partial charge on any atom is -0.350 e. The van der Waals surface area contributed by atoms with Crippen molar-refractivity contribution < 1.29 is 4.79 Å². The van der Waals surface area contributed by atoms with E-state index >= 15 is 0 Å². The summed E-state index contributed by atoms with van der Waals surface area (Å²) < 4.78 is 0. The molecule has 110 valence electrons. The third kappa shape index (κ3) is 4.95. The standard InChI is InChI=1S/C17H26N2O/c1-14(16-10-12-18-13-11-16)19-17(20)9-5-8-15-6-3-2-4-7-15/h10-15H,2-9H2,1H3,(H,19,20). The summed E-state index contributed by atoms with van der Waals surface area (Å²) in [7, 11) is 0. The first-order valence-electron chi connectivity index (χ1n) is 7.95. The van der Waals surface area contributed by atoms with E-state index < -0.39 is 0 Å². The summed E-state index contributed by atoms with van der Waals surface area (Å²) in [5.41, 5.74) is 1.11. The molecule has 1 aromatic heterocycles. The fraction of sp³-hybridized carbons (Fsp3) is 0.647. The molecule has 1 amide bonds. The van der Waals surface area contributed by atoms with Crippen LogP contribution in [0.4, 0.5) is 0 Å². The summed E-state index contributed by atoms with van der Waals surface area (Å²) in [6.07, 6.45) is 13.3. The number of nitrogens with one attached hydrogen (secondary N) is 1. The highest BCUT2D eigenvalue weighted by Crippen LogP contribution is 2.27. The van der Waals surface area contributed by atoms with Crippen molar-refractivity contribution in [1.29, 1.82) is 0 Å². The van der Waals surface area contributed by atoms with Gasteiger partial charge in [0.1, 0.15) is 0 Å². The Kier molecular flexibility index (Phi) is 6.03. The number of hydrogen-bond acceptors (Lipinski definition) is 2. The molecule has 2 rings (SSSR count). The van der Waals surface area contributed by atoms with Gasteiger partial charge in [-0.1, -0.05) is 32.1 Å². The Morgan fingerprint density at radius 2 is 2.00 bits per heavy atom. The quantitative estimate of drug-likeness (QED) is 0.851. The van der Waals surface area contributed by atoms with Crippen molar-refractivity contribution in [2.45, 2.75) is 64.3 Å². The van der Waals surface area contributed by atoms with E-state index in [1.54, 1.807) is 12.4 Å². The monoisotopic (exact) mass is 274 g/mol. The maximum atomic E-state index is 11.9. The highest BCUT2D eigenvalue weighted by molar-refractivity contribution is 5.76. The van der Waals surface area contributed by atoms with Crippen molar-refractivity contribution in [2.24, 2.45) is 5.92 Å². The molecule has 3 heteroatoms. The number of aromatic nitrogens is 1. The van der Waals surface area contributed by atoms with Gasteiger partial charge in [-0.25, -0.2) is 0 Å². The van der Waals surface area contributed by atoms with Crippen LogP contribution in [-0.2, 0) is 4.79 Å². The van der Waals surface area contributed by atoms with E-state index in [-0.39, 0.29) is 11.9 Å². The molecule has 0 aliphatic heterocycles. The third-order valence-electron chi connectivity index (χ3n) is 4.32. The molecule has 1 fully saturated rings. The second kappa shape index (κ2) is 8.03. The van der Waals surface area contributed by atoms with Crippen LogP contribution in [0.15, 0.2) is 24.5 Å². The zero-order valence-electron chi connectivity index (χ0n) is 12.5. The molecule has 1 atom stereocenters. The molecule has 1 N–H and O–H groups in total. The topological polar surface area (TPSA) is 42.0 Å². The Balaban J connectivity index is 1.65. The van der Waals surface area contributed by atoms with Crippen LogP contribution in [0.25, 0.3) is 0 Å². The highest BCUT2D eigenvalue weighted by Gasteiger charge is 2.14. The van der Waals surface area contributed by atoms with Gasteiger partial charge in [0.25, 0.3) is 0 Å². The van der Waals surface area contributed by atoms with Crippen LogP contribution in [-0.4, -0.2) is 10.9 Å². The Bertz CT molecular complexity index is 399. The minimum absolute atomic E-state index is 0.0696. The van der Waals surface area contributed by atoms with E-state index in [9.17, 15) is 4.79 Å². The first-order valence-corrected chi connectivity index (χ1v) is 7.95. The first-order chi connectivity index (χ1) is 9.75. The van der Waals surface area contributed by atoms with Crippen LogP contribution in [0.2, 0.25) is 0 Å². The SMILES string of the molecule is CC(NC(=O)CCCC1CCCCC1)c1ccncc1. The molecule has 1 saturated carbocycles. The van der Waals surface area contributed by atoms with Crippen molar-refractivity contribution in [3.8, 4) is 0 Å². The van der Waals surface area contributed by atoms with E-state index in [4.69, 9.17) is 0 Å². The fourth-order valence-electron chi connectivity index (χ4n) is 3.08. The van der Waals surface area contributed by atoms with E-state index in [0.717, 1.165) is 17.9 Å². The van der Waals surface area contributed by atoms with Gasteiger partial charge < -0.3 is 5.32 Å². The largest absolute Gasteiger partial charge is 0.350 e. The molecular weight excluding hydrogens is 248 g/mol. The first kappa shape index (κ1) is 15.0. The van der Waals surface area contributed by atoms with Gasteiger partial charge >= 0.3 is 0 Å². The normalized spacial score (nSPS) is 17.6. The van der Waals surface area contributed by atoms with E-state index in [0.29, 0.717) is 6.42 Å². The summed E-state index contributed by atoms with van der Waals surface area (Å²) in [6.45, 7) is 2.02. The number of pyridine rings is 1. The number of rotatable bonds is 6. The number of amides is 1. The van der Waals surface area contributed by atoms with Crippen LogP contribution >= 0.6 is 0 Å². The summed E-state index contributed by atoms with van der Waals surface area (Å²) >= 11 is 0. The van der Waals surface area contributed by atoms with Gasteiger partial charge in [0.15, 0.2) is 0 Å². The maximum Gasteiger partial charge on any atom is 0.220 e. The van der Waals surface area contributed by atoms with E-state index in [1.165, 1.54) is 38.5 Å². The van der Waals surface area contributed by atoms with E-state index in [1.807, 2.05) is 19.1 Å². The van der Waals surface area contributed by atoms with Crippen molar-refractivity contribution in [2.75, 3.05) is 0 Å². The van der Waals surface area contributed by atoms with Crippen LogP contribution in [0.1, 0.15) is 69.9 Å². The molecule has 0 saturated heterocycles. The van der Waals surface area contributed by atoms with Crippen molar-refractivity contribution in [3.63, 3.8) is 0 Å². The van der Waals surface area contributed by atoms with Crippen LogP contribution in [0.3, 0.4) is 0 Å². The third-order valence-corrected chi connectivity index (χ3v) is 4.32. The van der Waals surface area contributed by atoms with Crippen molar-refractivity contribution in [1.82, 2.24) is 10.3 Å². The molecule has 0 spiro atoms. The second-order valence-electron chi connectivity index (χ2n) is 5.97. The predicted octanol–water partition coefficient (Wildman–Crippen LogP) is 4.01. The predicted molar refractivity (Wildman–Crippen MR) is 81.2 cm³/mol. The van der Waals surface area contributed by atoms with E-state index in [2.05, 4.69) is 10.3 Å². The lowest BCUT2D eigenvalue weighted by Crippen LogP contribution is -2.26. The number of carbonyl (C=O) groups is 1. The summed E-state index contributed by atoms with van der Waals surface area (Å²) in [4.78, 5) is 15.9. The van der Waals surface area contributed by atoms with Gasteiger partial charge in [-0.3, -0.25) is 9.78 Å². The minimum atomic E-state index is 0.0696. The fourth-order valence-corrected chi connectivity index (χ4v) is 3.08. The number of carbonyl (C=O) groups excluding carboxylic acids is 1. The molecule has 0 aromatic carbocycles. The molecule has 0 radical (unpaired) electrons. The molecule has 1 aromatic rings. The lowest BCUT2D eigenvalue weighted by atomic mass is 9.86. The molecular formula is C17H26N2O. The van der Waals surface area contributed by atoms with Crippen LogP contribution < -0.4 is 5.32 Å². The number of hydrogen-bond donors (Lipinski definition) is 1. The Labute approximate surface area is 122 Å². The van der Waals surface area contributed by atoms with Gasteiger partial charge in [0.2, 0.25) is 5.91 Å². The molecule has 3 nitrogen and oxygen atoms in total. The van der Waals surface area contributed by atoms with Crippen molar-refractivity contribution in [3.05, 3.63) is 30.1 Å². The smallest absolute Gasteiger partial charge is 0.220 e. The Morgan fingerprint density at radius 3 is 2.70 bits per heavy atom. The average Bonchev–Trinajstić information content (AvgIpc) is 2.49. The van der Waals surface area contributed by atoms with Gasteiger partial charge in [-0.05, 0) is 43.4 Å². The van der Waals surface area contributed by atoms with Crippen LogP contribution in [0.5, 0.6) is 0 Å². The number of nitrogens with zero attached hydrogens (tertiary/aromatic N) is 1. The Morgan fingerprint density at radius 1 is 1.30 bits per heavy atom. The van der Waals surface area contributed by atoms with Gasteiger partial charge in [0, 0.05) is 18.8 Å². The van der Waals surface area contributed by atoms with Gasteiger partial charge in [-0.15, -0.1) is 0 Å². The lowest BCUT2D eigenvalue weighted by Gasteiger charge is -2.21. The zero-order chi connectivity index (χ0) is 14.2. The molecule has 1 heterocycles. The molecule has 1 aliphatic rings. The Hall–Kier alpha value is -1.38.